The number of nitrogens with zero attached hydrogens (tertiary/aromatic N) is 3. The Kier molecular flexibility index (Phi) is 7.71. The quantitative estimate of drug-likeness (QED) is 0.237. The molecule has 1 atom stereocenters. The molecule has 0 spiro atoms. The molecule has 0 saturated heterocycles. The second-order valence-corrected chi connectivity index (χ2v) is 11.8. The van der Waals surface area contributed by atoms with Gasteiger partial charge in [-0.2, -0.15) is 5.10 Å². The molecule has 6 nitrogen and oxygen atoms in total. The van der Waals surface area contributed by atoms with Crippen LogP contribution in [0, 0.1) is 12.7 Å². The molecule has 1 N–H and O–H groups in total. The van der Waals surface area contributed by atoms with Crippen LogP contribution in [0.4, 0.5) is 10.2 Å². The first-order valence-corrected chi connectivity index (χ1v) is 15.1. The van der Waals surface area contributed by atoms with Crippen LogP contribution in [-0.2, 0) is 16.1 Å². The second-order valence-electron chi connectivity index (χ2n) is 9.74. The van der Waals surface area contributed by atoms with Gasteiger partial charge in [-0.05, 0) is 47.7 Å². The highest BCUT2D eigenvalue weighted by Crippen LogP contribution is 2.49. The molecule has 1 aliphatic rings. The van der Waals surface area contributed by atoms with Crippen LogP contribution in [0.2, 0.25) is 0 Å². The minimum Gasteiger partial charge on any atom is -0.350 e. The van der Waals surface area contributed by atoms with Crippen molar-refractivity contribution >= 4 is 40.7 Å². The zero-order valence-corrected chi connectivity index (χ0v) is 23.9. The topological polar surface area (TPSA) is 67.2 Å². The smallest absolute Gasteiger partial charge is 0.240 e. The molecular weight excluding hydrogens is 556 g/mol. The van der Waals surface area contributed by atoms with E-state index in [-0.39, 0.29) is 41.7 Å². The van der Waals surface area contributed by atoms with Crippen molar-refractivity contribution in [1.82, 2.24) is 15.1 Å². The highest BCUT2D eigenvalue weighted by molar-refractivity contribution is 8.00. The Morgan fingerprint density at radius 1 is 1.00 bits per heavy atom. The summed E-state index contributed by atoms with van der Waals surface area (Å²) in [5.41, 5.74) is 5.23. The predicted molar refractivity (Wildman–Crippen MR) is 163 cm³/mol. The SMILES string of the molecule is Cc1ccccc1-n1nc(-c2ccccc2)c2c1N(CC(=O)NCc1ccc(F)cc1)C(=O)CS[C@@H]2c1cccs1. The first-order valence-electron chi connectivity index (χ1n) is 13.2. The number of anilines is 1. The molecule has 41 heavy (non-hydrogen) atoms. The molecule has 3 heterocycles. The van der Waals surface area contributed by atoms with Crippen LogP contribution in [-0.4, -0.2) is 33.9 Å². The number of amides is 2. The van der Waals surface area contributed by atoms with Crippen molar-refractivity contribution in [2.24, 2.45) is 0 Å². The van der Waals surface area contributed by atoms with Crippen molar-refractivity contribution in [3.05, 3.63) is 124 Å². The summed E-state index contributed by atoms with van der Waals surface area (Å²) in [6.07, 6.45) is 0. The van der Waals surface area contributed by atoms with Gasteiger partial charge in [0, 0.05) is 22.5 Å². The third-order valence-electron chi connectivity index (χ3n) is 6.99. The zero-order valence-electron chi connectivity index (χ0n) is 22.3. The van der Waals surface area contributed by atoms with Crippen LogP contribution >= 0.6 is 23.1 Å². The van der Waals surface area contributed by atoms with Crippen LogP contribution in [0.5, 0.6) is 0 Å². The molecule has 2 amide bonds. The first kappa shape index (κ1) is 27.0. The van der Waals surface area contributed by atoms with Crippen molar-refractivity contribution in [3.63, 3.8) is 0 Å². The molecule has 1 aliphatic heterocycles. The fraction of sp³-hybridized carbons (Fsp3) is 0.156. The first-order chi connectivity index (χ1) is 20.0. The van der Waals surface area contributed by atoms with Gasteiger partial charge in [-0.25, -0.2) is 9.07 Å². The number of benzene rings is 3. The minimum atomic E-state index is -0.334. The van der Waals surface area contributed by atoms with E-state index in [1.165, 1.54) is 12.1 Å². The number of fused-ring (bicyclic) bond motifs is 1. The van der Waals surface area contributed by atoms with Crippen molar-refractivity contribution < 1.29 is 14.0 Å². The Labute approximate surface area is 245 Å². The lowest BCUT2D eigenvalue weighted by molar-refractivity contribution is -0.123. The van der Waals surface area contributed by atoms with E-state index in [2.05, 4.69) is 11.4 Å². The molecular formula is C32H27FN4O2S2. The summed E-state index contributed by atoms with van der Waals surface area (Å²) in [6, 6.07) is 27.9. The van der Waals surface area contributed by atoms with E-state index in [0.29, 0.717) is 5.82 Å². The average Bonchev–Trinajstić information content (AvgIpc) is 3.63. The molecule has 5 aromatic rings. The van der Waals surface area contributed by atoms with Crippen molar-refractivity contribution in [3.8, 4) is 16.9 Å². The van der Waals surface area contributed by atoms with Gasteiger partial charge in [-0.1, -0.05) is 66.7 Å². The lowest BCUT2D eigenvalue weighted by Gasteiger charge is -2.23. The number of nitrogens with one attached hydrogen (secondary N) is 1. The number of carbonyl (C=O) groups excluding carboxylic acids is 2. The number of hydrogen-bond acceptors (Lipinski definition) is 5. The van der Waals surface area contributed by atoms with Gasteiger partial charge in [-0.3, -0.25) is 14.5 Å². The summed E-state index contributed by atoms with van der Waals surface area (Å²) in [4.78, 5) is 29.8. The summed E-state index contributed by atoms with van der Waals surface area (Å²) in [5.74, 6) is 0.00104. The Morgan fingerprint density at radius 2 is 1.76 bits per heavy atom. The Hall–Kier alpha value is -4.21. The van der Waals surface area contributed by atoms with Gasteiger partial charge in [0.05, 0.1) is 22.4 Å². The third kappa shape index (κ3) is 5.55. The van der Waals surface area contributed by atoms with Gasteiger partial charge in [0.15, 0.2) is 0 Å². The summed E-state index contributed by atoms with van der Waals surface area (Å²) in [5, 5.41) is 9.93. The highest BCUT2D eigenvalue weighted by atomic mass is 32.2. The van der Waals surface area contributed by atoms with Crippen LogP contribution < -0.4 is 10.2 Å². The van der Waals surface area contributed by atoms with E-state index in [0.717, 1.165) is 38.5 Å². The number of halogens is 1. The van der Waals surface area contributed by atoms with Crippen LogP contribution in [0.3, 0.4) is 0 Å². The number of aromatic nitrogens is 2. The van der Waals surface area contributed by atoms with Gasteiger partial charge in [0.2, 0.25) is 11.8 Å². The third-order valence-corrected chi connectivity index (χ3v) is 9.31. The lowest BCUT2D eigenvalue weighted by atomic mass is 10.0. The van der Waals surface area contributed by atoms with Crippen LogP contribution in [0.25, 0.3) is 16.9 Å². The van der Waals surface area contributed by atoms with Crippen molar-refractivity contribution in [2.75, 3.05) is 17.2 Å². The van der Waals surface area contributed by atoms with Gasteiger partial charge >= 0.3 is 0 Å². The van der Waals surface area contributed by atoms with Gasteiger partial charge in [0.1, 0.15) is 18.2 Å². The van der Waals surface area contributed by atoms with E-state index in [1.807, 2.05) is 77.6 Å². The summed E-state index contributed by atoms with van der Waals surface area (Å²) in [7, 11) is 0. The van der Waals surface area contributed by atoms with Crippen molar-refractivity contribution in [2.45, 2.75) is 18.7 Å². The van der Waals surface area contributed by atoms with E-state index in [1.54, 1.807) is 40.1 Å². The van der Waals surface area contributed by atoms with Crippen LogP contribution in [0.1, 0.15) is 26.8 Å². The van der Waals surface area contributed by atoms with Gasteiger partial charge < -0.3 is 5.32 Å². The summed E-state index contributed by atoms with van der Waals surface area (Å²) >= 11 is 3.20. The predicted octanol–water partition coefficient (Wildman–Crippen LogP) is 6.53. The fourth-order valence-electron chi connectivity index (χ4n) is 4.96. The molecule has 206 valence electrons. The van der Waals surface area contributed by atoms with Crippen molar-refractivity contribution in [1.29, 1.82) is 0 Å². The molecule has 0 fully saturated rings. The molecule has 0 bridgehead atoms. The molecule has 6 rings (SSSR count). The number of hydrogen-bond donors (Lipinski definition) is 1. The zero-order chi connectivity index (χ0) is 28.3. The van der Waals surface area contributed by atoms with E-state index < -0.39 is 0 Å². The number of aryl methyl sites for hydroxylation is 1. The normalized spacial score (nSPS) is 14.9. The molecule has 0 radical (unpaired) electrons. The molecule has 0 unspecified atom stereocenters. The average molecular weight is 583 g/mol. The maximum absolute atomic E-state index is 13.8. The number of thiophene rings is 1. The number of thioether (sulfide) groups is 1. The standard InChI is InChI=1S/C32H27FN4O2S2/c1-21-8-5-6-11-25(21)37-32-29(30(35-37)23-9-3-2-4-10-23)31(26-12-7-17-40-26)41-20-28(39)36(32)19-27(38)34-18-22-13-15-24(33)16-14-22/h2-17,31H,18-20H2,1H3,(H,34,38)/t31-/m1/s1. The van der Waals surface area contributed by atoms with E-state index in [4.69, 9.17) is 5.10 Å². The molecule has 9 heteroatoms. The van der Waals surface area contributed by atoms with Gasteiger partial charge in [-0.15, -0.1) is 23.1 Å². The lowest BCUT2D eigenvalue weighted by Crippen LogP contribution is -2.42. The largest absolute Gasteiger partial charge is 0.350 e. The Balaban J connectivity index is 1.48. The summed E-state index contributed by atoms with van der Waals surface area (Å²) < 4.78 is 15.2. The molecule has 0 aliphatic carbocycles. The second kappa shape index (κ2) is 11.7. The van der Waals surface area contributed by atoms with Crippen LogP contribution in [0.15, 0.2) is 96.4 Å². The fourth-order valence-corrected chi connectivity index (χ4v) is 7.14. The highest BCUT2D eigenvalue weighted by Gasteiger charge is 2.38. The number of carbonyl (C=O) groups is 2. The maximum atomic E-state index is 13.8. The maximum Gasteiger partial charge on any atom is 0.240 e. The molecule has 2 aromatic heterocycles. The molecule has 3 aromatic carbocycles. The van der Waals surface area contributed by atoms with E-state index in [9.17, 15) is 14.0 Å². The number of para-hydroxylation sites is 1. The summed E-state index contributed by atoms with van der Waals surface area (Å²) in [6.45, 7) is 2.07. The van der Waals surface area contributed by atoms with E-state index >= 15 is 0 Å². The minimum absolute atomic E-state index is 0.144. The Bertz CT molecular complexity index is 1680. The molecule has 0 saturated carbocycles. The monoisotopic (exact) mass is 582 g/mol. The number of rotatable bonds is 7. The van der Waals surface area contributed by atoms with Gasteiger partial charge in [0.25, 0.3) is 0 Å². The Morgan fingerprint density at radius 3 is 2.49 bits per heavy atom.